The lowest BCUT2D eigenvalue weighted by atomic mass is 10.00. The van der Waals surface area contributed by atoms with Crippen molar-refractivity contribution < 1.29 is 4.39 Å². The Bertz CT molecular complexity index is 827. The number of pyridine rings is 2. The fraction of sp³-hybridized carbons (Fsp3) is 0.300. The third-order valence-corrected chi connectivity index (χ3v) is 5.01. The average Bonchev–Trinajstić information content (AvgIpc) is 3.36. The van der Waals surface area contributed by atoms with E-state index in [4.69, 9.17) is 0 Å². The summed E-state index contributed by atoms with van der Waals surface area (Å²) in [6.45, 7) is 4.23. The molecule has 0 amide bonds. The fourth-order valence-electron chi connectivity index (χ4n) is 3.74. The first-order chi connectivity index (χ1) is 11.6. The topological polar surface area (TPSA) is 29.0 Å². The number of allylic oxidation sites excluding steroid dienone is 3. The molecule has 3 heterocycles. The van der Waals surface area contributed by atoms with Gasteiger partial charge in [0.2, 0.25) is 0 Å². The van der Waals surface area contributed by atoms with Gasteiger partial charge in [-0.15, -0.1) is 0 Å². The Labute approximate surface area is 141 Å². The van der Waals surface area contributed by atoms with Gasteiger partial charge in [-0.3, -0.25) is 9.97 Å². The highest BCUT2D eigenvalue weighted by Crippen LogP contribution is 2.52. The van der Waals surface area contributed by atoms with E-state index in [9.17, 15) is 4.39 Å². The van der Waals surface area contributed by atoms with Crippen molar-refractivity contribution in [1.82, 2.24) is 9.97 Å². The molecule has 0 saturated heterocycles. The van der Waals surface area contributed by atoms with Crippen molar-refractivity contribution in [1.29, 1.82) is 0 Å². The van der Waals surface area contributed by atoms with E-state index in [1.165, 1.54) is 17.6 Å². The second kappa shape index (κ2) is 5.86. The normalized spacial score (nSPS) is 25.5. The van der Waals surface area contributed by atoms with Gasteiger partial charge in [-0.2, -0.15) is 0 Å². The summed E-state index contributed by atoms with van der Waals surface area (Å²) in [5.74, 6) is 0.592. The molecule has 4 rings (SSSR count). The Morgan fingerprint density at radius 3 is 2.83 bits per heavy atom. The number of rotatable bonds is 3. The standard InChI is InChI=1S/C20H20FN3/c1-13-10-22-7-6-19(13)24-14(2)4-3-5-20(24)18-9-17(18)15-8-16(21)12-23-11-15/h3-8,10-12,17-18,20H,9H2,1-2H3/t17-,18+,20?/m1/s1. The van der Waals surface area contributed by atoms with Crippen LogP contribution in [0.3, 0.4) is 0 Å². The molecular weight excluding hydrogens is 301 g/mol. The highest BCUT2D eigenvalue weighted by atomic mass is 19.1. The predicted molar refractivity (Wildman–Crippen MR) is 93.2 cm³/mol. The molecule has 3 atom stereocenters. The quantitative estimate of drug-likeness (QED) is 0.840. The van der Waals surface area contributed by atoms with Crippen LogP contribution in [0.5, 0.6) is 0 Å². The summed E-state index contributed by atoms with van der Waals surface area (Å²) in [6, 6.07) is 3.97. The number of nitrogens with zero attached hydrogens (tertiary/aromatic N) is 3. The summed E-state index contributed by atoms with van der Waals surface area (Å²) in [5, 5.41) is 0. The summed E-state index contributed by atoms with van der Waals surface area (Å²) in [5.41, 5.74) is 4.58. The van der Waals surface area contributed by atoms with Gasteiger partial charge in [-0.25, -0.2) is 4.39 Å². The summed E-state index contributed by atoms with van der Waals surface area (Å²) < 4.78 is 13.5. The number of aryl methyl sites for hydroxylation is 1. The van der Waals surface area contributed by atoms with Gasteiger partial charge in [0.1, 0.15) is 5.82 Å². The average molecular weight is 321 g/mol. The first kappa shape index (κ1) is 15.1. The van der Waals surface area contributed by atoms with Gasteiger partial charge in [-0.05, 0) is 61.4 Å². The van der Waals surface area contributed by atoms with Crippen LogP contribution in [-0.4, -0.2) is 16.0 Å². The van der Waals surface area contributed by atoms with Gasteiger partial charge >= 0.3 is 0 Å². The van der Waals surface area contributed by atoms with Crippen LogP contribution in [0.25, 0.3) is 0 Å². The number of hydrogen-bond acceptors (Lipinski definition) is 3. The largest absolute Gasteiger partial charge is 0.338 e. The Morgan fingerprint density at radius 1 is 1.17 bits per heavy atom. The molecule has 3 nitrogen and oxygen atoms in total. The molecule has 1 saturated carbocycles. The summed E-state index contributed by atoms with van der Waals surface area (Å²) in [4.78, 5) is 10.6. The first-order valence-corrected chi connectivity index (χ1v) is 8.30. The third kappa shape index (κ3) is 2.62. The maximum absolute atomic E-state index is 13.5. The maximum atomic E-state index is 13.5. The summed E-state index contributed by atoms with van der Waals surface area (Å²) in [6.07, 6.45) is 14.4. The molecule has 2 aromatic heterocycles. The summed E-state index contributed by atoms with van der Waals surface area (Å²) >= 11 is 0. The summed E-state index contributed by atoms with van der Waals surface area (Å²) in [7, 11) is 0. The number of halogens is 1. The molecule has 0 N–H and O–H groups in total. The van der Waals surface area contributed by atoms with E-state index in [0.717, 1.165) is 17.5 Å². The van der Waals surface area contributed by atoms with E-state index in [0.29, 0.717) is 11.8 Å². The Hall–Kier alpha value is -2.49. The van der Waals surface area contributed by atoms with Crippen molar-refractivity contribution in [3.63, 3.8) is 0 Å². The van der Waals surface area contributed by atoms with Gasteiger partial charge < -0.3 is 4.90 Å². The molecule has 122 valence electrons. The number of aromatic nitrogens is 2. The van der Waals surface area contributed by atoms with Crippen molar-refractivity contribution >= 4 is 5.69 Å². The van der Waals surface area contributed by atoms with Crippen molar-refractivity contribution in [3.8, 4) is 0 Å². The third-order valence-electron chi connectivity index (χ3n) is 5.01. The second-order valence-electron chi connectivity index (χ2n) is 6.66. The lowest BCUT2D eigenvalue weighted by Crippen LogP contribution is -2.36. The molecule has 24 heavy (non-hydrogen) atoms. The van der Waals surface area contributed by atoms with E-state index in [1.807, 2.05) is 12.4 Å². The molecular formula is C20H20FN3. The van der Waals surface area contributed by atoms with Crippen LogP contribution < -0.4 is 4.90 Å². The van der Waals surface area contributed by atoms with E-state index >= 15 is 0 Å². The van der Waals surface area contributed by atoms with Gasteiger partial charge in [0, 0.05) is 30.0 Å². The van der Waals surface area contributed by atoms with Crippen molar-refractivity contribution in [2.45, 2.75) is 32.2 Å². The molecule has 1 aliphatic carbocycles. The number of hydrogen-bond donors (Lipinski definition) is 0. The van der Waals surface area contributed by atoms with Crippen LogP contribution in [0, 0.1) is 18.7 Å². The highest BCUT2D eigenvalue weighted by Gasteiger charge is 2.46. The first-order valence-electron chi connectivity index (χ1n) is 8.30. The van der Waals surface area contributed by atoms with E-state index < -0.39 is 0 Å². The predicted octanol–water partition coefficient (Wildman–Crippen LogP) is 4.38. The van der Waals surface area contributed by atoms with Gasteiger partial charge in [0.25, 0.3) is 0 Å². The molecule has 2 aliphatic rings. The van der Waals surface area contributed by atoms with E-state index in [1.54, 1.807) is 12.3 Å². The van der Waals surface area contributed by atoms with Crippen molar-refractivity contribution in [3.05, 3.63) is 77.8 Å². The molecule has 0 aromatic carbocycles. The van der Waals surface area contributed by atoms with Crippen LogP contribution >= 0.6 is 0 Å². The molecule has 1 unspecified atom stereocenters. The van der Waals surface area contributed by atoms with Crippen LogP contribution in [0.4, 0.5) is 10.1 Å². The van der Waals surface area contributed by atoms with Crippen LogP contribution in [0.1, 0.15) is 30.4 Å². The Kier molecular flexibility index (Phi) is 3.68. The Morgan fingerprint density at radius 2 is 2.04 bits per heavy atom. The monoisotopic (exact) mass is 321 g/mol. The molecule has 1 aliphatic heterocycles. The molecule has 0 radical (unpaired) electrons. The number of anilines is 1. The zero-order valence-corrected chi connectivity index (χ0v) is 13.9. The minimum absolute atomic E-state index is 0.254. The SMILES string of the molecule is CC1=CC=CC([C@H]2C[C@@H]2c2cncc(F)c2)N1c1ccncc1C. The van der Waals surface area contributed by atoms with Gasteiger partial charge in [0.15, 0.2) is 0 Å². The molecule has 0 bridgehead atoms. The fourth-order valence-corrected chi connectivity index (χ4v) is 3.74. The van der Waals surface area contributed by atoms with E-state index in [-0.39, 0.29) is 11.9 Å². The smallest absolute Gasteiger partial charge is 0.141 e. The van der Waals surface area contributed by atoms with Gasteiger partial charge in [-0.1, -0.05) is 12.2 Å². The molecule has 0 spiro atoms. The Balaban J connectivity index is 1.64. The second-order valence-corrected chi connectivity index (χ2v) is 6.66. The molecule has 1 fully saturated rings. The maximum Gasteiger partial charge on any atom is 0.141 e. The lowest BCUT2D eigenvalue weighted by Gasteiger charge is -2.36. The van der Waals surface area contributed by atoms with Crippen molar-refractivity contribution in [2.24, 2.45) is 5.92 Å². The van der Waals surface area contributed by atoms with Crippen LogP contribution in [-0.2, 0) is 0 Å². The lowest BCUT2D eigenvalue weighted by molar-refractivity contribution is 0.612. The molecule has 4 heteroatoms. The zero-order chi connectivity index (χ0) is 16.7. The molecule has 2 aromatic rings. The van der Waals surface area contributed by atoms with Crippen molar-refractivity contribution in [2.75, 3.05) is 4.90 Å². The zero-order valence-electron chi connectivity index (χ0n) is 13.9. The van der Waals surface area contributed by atoms with Crippen LogP contribution in [0.2, 0.25) is 0 Å². The van der Waals surface area contributed by atoms with E-state index in [2.05, 4.69) is 53.0 Å². The van der Waals surface area contributed by atoms with Gasteiger partial charge in [0.05, 0.1) is 12.2 Å². The minimum atomic E-state index is -0.254. The highest BCUT2D eigenvalue weighted by molar-refractivity contribution is 5.60. The van der Waals surface area contributed by atoms with Crippen LogP contribution in [0.15, 0.2) is 60.8 Å². The minimum Gasteiger partial charge on any atom is -0.338 e.